The zero-order valence-electron chi connectivity index (χ0n) is 25.4. The Kier molecular flexibility index (Phi) is 9.28. The summed E-state index contributed by atoms with van der Waals surface area (Å²) in [5, 5.41) is 2.91. The minimum Gasteiger partial charge on any atom is -0.458 e. The summed E-state index contributed by atoms with van der Waals surface area (Å²) in [6.45, 7) is 7.52. The molecule has 1 saturated carbocycles. The average molecular weight is 596 g/mol. The van der Waals surface area contributed by atoms with Gasteiger partial charge in [0.2, 0.25) is 0 Å². The van der Waals surface area contributed by atoms with Gasteiger partial charge in [-0.1, -0.05) is 75.7 Å². The number of anilines is 1. The molecule has 8 heteroatoms. The highest BCUT2D eigenvalue weighted by Crippen LogP contribution is 2.36. The van der Waals surface area contributed by atoms with Crippen molar-refractivity contribution in [3.05, 3.63) is 99.7 Å². The highest BCUT2D eigenvalue weighted by molar-refractivity contribution is 6.05. The summed E-state index contributed by atoms with van der Waals surface area (Å²) in [6, 6.07) is 20.4. The van der Waals surface area contributed by atoms with Gasteiger partial charge in [0.05, 0.1) is 16.6 Å². The summed E-state index contributed by atoms with van der Waals surface area (Å²) in [5.41, 5.74) is 1.45. The Bertz CT molecular complexity index is 1740. The van der Waals surface area contributed by atoms with Crippen LogP contribution < -0.4 is 10.7 Å². The van der Waals surface area contributed by atoms with Gasteiger partial charge in [0.25, 0.3) is 5.91 Å². The molecule has 44 heavy (non-hydrogen) atoms. The summed E-state index contributed by atoms with van der Waals surface area (Å²) in [5.74, 6) is -0.472. The molecule has 0 spiro atoms. The molecule has 1 amide bonds. The first-order valence-corrected chi connectivity index (χ1v) is 15.0. The summed E-state index contributed by atoms with van der Waals surface area (Å²) in [7, 11) is 0. The van der Waals surface area contributed by atoms with Crippen LogP contribution in [0.4, 0.5) is 5.69 Å². The van der Waals surface area contributed by atoms with Crippen molar-refractivity contribution in [2.45, 2.75) is 53.1 Å². The molecule has 3 atom stereocenters. The number of hydrogen-bond donors (Lipinski definition) is 1. The molecule has 1 heterocycles. The lowest BCUT2D eigenvalue weighted by atomic mass is 9.75. The average Bonchev–Trinajstić information content (AvgIpc) is 3.02. The van der Waals surface area contributed by atoms with E-state index in [1.165, 1.54) is 6.07 Å². The van der Waals surface area contributed by atoms with Crippen LogP contribution >= 0.6 is 0 Å². The molecule has 5 rings (SSSR count). The molecule has 0 unspecified atom stereocenters. The third kappa shape index (κ3) is 6.59. The Morgan fingerprint density at radius 1 is 0.909 bits per heavy atom. The van der Waals surface area contributed by atoms with Crippen molar-refractivity contribution >= 4 is 34.5 Å². The topological polar surface area (TPSA) is 112 Å². The number of nitrogens with one attached hydrogen (secondary N) is 1. The molecule has 0 aliphatic heterocycles. The zero-order chi connectivity index (χ0) is 31.4. The van der Waals surface area contributed by atoms with E-state index in [0.717, 1.165) is 19.3 Å². The van der Waals surface area contributed by atoms with Gasteiger partial charge < -0.3 is 19.2 Å². The molecule has 1 aliphatic carbocycles. The lowest BCUT2D eigenvalue weighted by Crippen LogP contribution is -2.36. The predicted octanol–water partition coefficient (Wildman–Crippen LogP) is 7.18. The van der Waals surface area contributed by atoms with Gasteiger partial charge in [0, 0.05) is 11.1 Å². The Morgan fingerprint density at radius 3 is 2.36 bits per heavy atom. The van der Waals surface area contributed by atoms with E-state index in [4.69, 9.17) is 13.9 Å². The Balaban J connectivity index is 1.29. The summed E-state index contributed by atoms with van der Waals surface area (Å²) >= 11 is 0. The molecule has 3 aromatic carbocycles. The van der Waals surface area contributed by atoms with Crippen molar-refractivity contribution in [2.24, 2.45) is 17.8 Å². The highest BCUT2D eigenvalue weighted by Gasteiger charge is 2.34. The number of rotatable bonds is 8. The van der Waals surface area contributed by atoms with E-state index in [1.807, 2.05) is 30.3 Å². The van der Waals surface area contributed by atoms with E-state index < -0.39 is 24.5 Å². The second-order valence-electron chi connectivity index (χ2n) is 11.9. The second kappa shape index (κ2) is 13.3. The van der Waals surface area contributed by atoms with E-state index in [-0.39, 0.29) is 45.2 Å². The molecule has 0 radical (unpaired) electrons. The lowest BCUT2D eigenvalue weighted by Gasteiger charge is -2.36. The van der Waals surface area contributed by atoms with Gasteiger partial charge in [-0.2, -0.15) is 0 Å². The number of esters is 2. The normalized spacial score (nSPS) is 18.2. The fourth-order valence-electron chi connectivity index (χ4n) is 5.95. The Morgan fingerprint density at radius 2 is 1.61 bits per heavy atom. The quantitative estimate of drug-likeness (QED) is 0.215. The SMILES string of the molecule is Cc1c(-c2ccccc2)oc2c(C(=O)OCC(=O)Nc3ccccc3C(=O)O[C@@H]3C[C@H](C)CC[C@@H]3C(C)C)cccc2c1=O. The van der Waals surface area contributed by atoms with Gasteiger partial charge in [-0.25, -0.2) is 9.59 Å². The molecule has 1 aromatic heterocycles. The standard InChI is InChI=1S/C36H37NO7/c1-21(2)25-18-17-22(3)19-30(25)43-36(41)26-13-8-9-16-29(26)37-31(38)20-42-35(40)28-15-10-14-27-32(39)23(4)33(44-34(27)28)24-11-6-5-7-12-24/h5-16,21-22,25,30H,17-20H2,1-4H3,(H,37,38)/t22-,25-,30-/m1/s1. The number of hydrogen-bond acceptors (Lipinski definition) is 7. The first-order chi connectivity index (χ1) is 21.1. The zero-order valence-corrected chi connectivity index (χ0v) is 25.4. The van der Waals surface area contributed by atoms with E-state index >= 15 is 0 Å². The van der Waals surface area contributed by atoms with E-state index in [1.54, 1.807) is 43.3 Å². The Labute approximate surface area is 256 Å². The molecule has 0 saturated heterocycles. The van der Waals surface area contributed by atoms with Crippen molar-refractivity contribution in [2.75, 3.05) is 11.9 Å². The van der Waals surface area contributed by atoms with Crippen molar-refractivity contribution in [3.8, 4) is 11.3 Å². The maximum atomic E-state index is 13.3. The molecule has 0 bridgehead atoms. The number of benzene rings is 3. The maximum absolute atomic E-state index is 13.3. The van der Waals surface area contributed by atoms with Gasteiger partial charge in [0.1, 0.15) is 17.4 Å². The molecule has 1 aliphatic rings. The van der Waals surface area contributed by atoms with Crippen LogP contribution in [0.3, 0.4) is 0 Å². The fourth-order valence-corrected chi connectivity index (χ4v) is 5.95. The minimum atomic E-state index is -0.824. The van der Waals surface area contributed by atoms with Crippen LogP contribution in [-0.4, -0.2) is 30.6 Å². The first kappa shape index (κ1) is 30.7. The number of para-hydroxylation sites is 2. The van der Waals surface area contributed by atoms with Crippen molar-refractivity contribution in [3.63, 3.8) is 0 Å². The van der Waals surface area contributed by atoms with Crippen molar-refractivity contribution < 1.29 is 28.3 Å². The van der Waals surface area contributed by atoms with Crippen LogP contribution in [-0.2, 0) is 14.3 Å². The van der Waals surface area contributed by atoms with Gasteiger partial charge in [-0.3, -0.25) is 9.59 Å². The number of carbonyl (C=O) groups is 3. The molecule has 228 valence electrons. The smallest absolute Gasteiger partial charge is 0.342 e. The van der Waals surface area contributed by atoms with Crippen LogP contribution in [0.5, 0.6) is 0 Å². The number of amides is 1. The number of carbonyl (C=O) groups excluding carboxylic acids is 3. The van der Waals surface area contributed by atoms with Gasteiger partial charge in [-0.15, -0.1) is 0 Å². The van der Waals surface area contributed by atoms with Crippen LogP contribution in [0.2, 0.25) is 0 Å². The molecule has 4 aromatic rings. The fraction of sp³-hybridized carbons (Fsp3) is 0.333. The van der Waals surface area contributed by atoms with Gasteiger partial charge in [0.15, 0.2) is 17.6 Å². The minimum absolute atomic E-state index is 0.0231. The van der Waals surface area contributed by atoms with E-state index in [0.29, 0.717) is 28.7 Å². The van der Waals surface area contributed by atoms with E-state index in [2.05, 4.69) is 26.1 Å². The molecule has 8 nitrogen and oxygen atoms in total. The molecule has 1 N–H and O–H groups in total. The number of ether oxygens (including phenoxy) is 2. The third-order valence-electron chi connectivity index (χ3n) is 8.38. The first-order valence-electron chi connectivity index (χ1n) is 15.0. The van der Waals surface area contributed by atoms with Crippen LogP contribution in [0, 0.1) is 24.7 Å². The van der Waals surface area contributed by atoms with Gasteiger partial charge >= 0.3 is 11.9 Å². The summed E-state index contributed by atoms with van der Waals surface area (Å²) in [4.78, 5) is 52.4. The predicted molar refractivity (Wildman–Crippen MR) is 169 cm³/mol. The van der Waals surface area contributed by atoms with Gasteiger partial charge in [-0.05, 0) is 61.8 Å². The lowest BCUT2D eigenvalue weighted by molar-refractivity contribution is -0.119. The van der Waals surface area contributed by atoms with Crippen LogP contribution in [0.1, 0.15) is 66.3 Å². The van der Waals surface area contributed by atoms with Crippen LogP contribution in [0.15, 0.2) is 82.0 Å². The maximum Gasteiger partial charge on any atom is 0.342 e. The van der Waals surface area contributed by atoms with Crippen molar-refractivity contribution in [1.82, 2.24) is 0 Å². The number of fused-ring (bicyclic) bond motifs is 1. The molecular formula is C36H37NO7. The summed E-state index contributed by atoms with van der Waals surface area (Å²) in [6.07, 6.45) is 2.73. The Hall–Kier alpha value is -4.72. The van der Waals surface area contributed by atoms with E-state index in [9.17, 15) is 19.2 Å². The van der Waals surface area contributed by atoms with Crippen LogP contribution in [0.25, 0.3) is 22.3 Å². The molecule has 1 fully saturated rings. The van der Waals surface area contributed by atoms with Crippen molar-refractivity contribution in [1.29, 1.82) is 0 Å². The monoisotopic (exact) mass is 595 g/mol. The molecular weight excluding hydrogens is 558 g/mol. The third-order valence-corrected chi connectivity index (χ3v) is 8.38. The highest BCUT2D eigenvalue weighted by atomic mass is 16.5. The largest absolute Gasteiger partial charge is 0.458 e. The second-order valence-corrected chi connectivity index (χ2v) is 11.9. The summed E-state index contributed by atoms with van der Waals surface area (Å²) < 4.78 is 17.4.